The Morgan fingerprint density at radius 3 is 1.38 bits per heavy atom. The Hall–Kier alpha value is -1.32. The smallest absolute Gasteiger partial charge is 0.306 e. The number of hydrogen-bond acceptors (Lipinski definition) is 3. The van der Waals surface area contributed by atoms with Gasteiger partial charge in [-0.3, -0.25) is 9.59 Å². The van der Waals surface area contributed by atoms with Gasteiger partial charge >= 0.3 is 11.9 Å². The van der Waals surface area contributed by atoms with Gasteiger partial charge in [-0.1, -0.05) is 135 Å². The summed E-state index contributed by atoms with van der Waals surface area (Å²) in [5, 5.41) is 8.70. The highest BCUT2D eigenvalue weighted by Crippen LogP contribution is 2.18. The van der Waals surface area contributed by atoms with Gasteiger partial charge in [0.2, 0.25) is 0 Å². The molecular formula is C36H68O4. The molecule has 1 N–H and O–H groups in total. The average molecular weight is 565 g/mol. The molecule has 0 rings (SSSR count). The zero-order valence-corrected chi connectivity index (χ0v) is 26.9. The zero-order chi connectivity index (χ0) is 29.4. The Morgan fingerprint density at radius 2 is 0.900 bits per heavy atom. The maximum Gasteiger partial charge on any atom is 0.306 e. The molecule has 0 aliphatic rings. The summed E-state index contributed by atoms with van der Waals surface area (Å²) in [5.74, 6) is -0.669. The fraction of sp³-hybridized carbons (Fsp3) is 0.889. The van der Waals surface area contributed by atoms with E-state index in [0.29, 0.717) is 12.8 Å². The first-order chi connectivity index (χ1) is 19.6. The first kappa shape index (κ1) is 38.7. The van der Waals surface area contributed by atoms with Crippen LogP contribution in [0.2, 0.25) is 0 Å². The van der Waals surface area contributed by atoms with Crippen molar-refractivity contribution in [2.24, 2.45) is 0 Å². The fourth-order valence-electron chi connectivity index (χ4n) is 5.35. The van der Waals surface area contributed by atoms with E-state index in [-0.39, 0.29) is 12.1 Å². The van der Waals surface area contributed by atoms with E-state index in [2.05, 4.69) is 26.0 Å². The molecule has 0 saturated heterocycles. The van der Waals surface area contributed by atoms with E-state index in [1.807, 2.05) is 0 Å². The predicted octanol–water partition coefficient (Wildman–Crippen LogP) is 11.9. The molecule has 0 fully saturated rings. The minimum atomic E-state index is -0.683. The first-order valence-corrected chi connectivity index (χ1v) is 17.7. The molecule has 236 valence electrons. The molecular weight excluding hydrogens is 496 g/mol. The number of rotatable bonds is 32. The van der Waals surface area contributed by atoms with Crippen LogP contribution in [0.15, 0.2) is 12.2 Å². The molecule has 4 nitrogen and oxygen atoms in total. The number of carboxylic acid groups (broad SMARTS) is 1. The predicted molar refractivity (Wildman–Crippen MR) is 172 cm³/mol. The van der Waals surface area contributed by atoms with Gasteiger partial charge in [-0.15, -0.1) is 0 Å². The monoisotopic (exact) mass is 565 g/mol. The lowest BCUT2D eigenvalue weighted by molar-refractivity contribution is -0.150. The van der Waals surface area contributed by atoms with Crippen LogP contribution in [0.5, 0.6) is 0 Å². The van der Waals surface area contributed by atoms with Gasteiger partial charge in [0.1, 0.15) is 6.10 Å². The van der Waals surface area contributed by atoms with Crippen molar-refractivity contribution in [3.05, 3.63) is 12.2 Å². The van der Waals surface area contributed by atoms with E-state index in [4.69, 9.17) is 9.84 Å². The summed E-state index contributed by atoms with van der Waals surface area (Å²) in [4.78, 5) is 23.1. The first-order valence-electron chi connectivity index (χ1n) is 17.7. The maximum absolute atomic E-state index is 12.5. The van der Waals surface area contributed by atoms with Crippen LogP contribution in [-0.2, 0) is 14.3 Å². The van der Waals surface area contributed by atoms with E-state index in [9.17, 15) is 9.59 Å². The minimum absolute atomic E-state index is 0.0134. The normalized spacial score (nSPS) is 12.2. The van der Waals surface area contributed by atoms with E-state index >= 15 is 0 Å². The van der Waals surface area contributed by atoms with Gasteiger partial charge in [0.15, 0.2) is 0 Å². The second-order valence-corrected chi connectivity index (χ2v) is 12.1. The molecule has 0 amide bonds. The Morgan fingerprint density at radius 1 is 0.525 bits per heavy atom. The molecule has 0 bridgehead atoms. The number of hydrogen-bond donors (Lipinski definition) is 1. The van der Waals surface area contributed by atoms with E-state index in [1.54, 1.807) is 0 Å². The molecule has 0 aromatic rings. The van der Waals surface area contributed by atoms with Gasteiger partial charge in [0, 0.05) is 12.8 Å². The highest BCUT2D eigenvalue weighted by molar-refractivity contribution is 5.69. The molecule has 0 radical (unpaired) electrons. The lowest BCUT2D eigenvalue weighted by atomic mass is 10.0. The van der Waals surface area contributed by atoms with Crippen molar-refractivity contribution in [2.75, 3.05) is 0 Å². The van der Waals surface area contributed by atoms with Crippen LogP contribution in [0.3, 0.4) is 0 Å². The standard InChI is InChI=1S/C36H68O4/c1-3-5-7-9-10-11-12-13-14-15-16-17-22-25-29-33-36(39)40-34(30-26-8-6-4-2)31-27-23-20-18-19-21-24-28-32-35(37)38/h13-14,34H,3-12,15-33H2,1-2H3,(H,37,38)/b14-13-. The Labute approximate surface area is 249 Å². The SMILES string of the molecule is CCCCCCCC/C=C\CCCCCCCC(=O)OC(CCCCCC)CCCCCCCCCCC(=O)O. The number of carbonyl (C=O) groups excluding carboxylic acids is 1. The van der Waals surface area contributed by atoms with Crippen LogP contribution < -0.4 is 0 Å². The Balaban J connectivity index is 3.83. The topological polar surface area (TPSA) is 63.6 Å². The Kier molecular flexibility index (Phi) is 31.1. The van der Waals surface area contributed by atoms with Crippen LogP contribution in [0.1, 0.15) is 200 Å². The van der Waals surface area contributed by atoms with Crippen LogP contribution in [0.25, 0.3) is 0 Å². The summed E-state index contributed by atoms with van der Waals surface area (Å²) < 4.78 is 5.95. The van der Waals surface area contributed by atoms with Crippen molar-refractivity contribution in [1.82, 2.24) is 0 Å². The van der Waals surface area contributed by atoms with Gasteiger partial charge < -0.3 is 9.84 Å². The quantitative estimate of drug-likeness (QED) is 0.0501. The third-order valence-electron chi connectivity index (χ3n) is 7.99. The third-order valence-corrected chi connectivity index (χ3v) is 7.99. The molecule has 40 heavy (non-hydrogen) atoms. The van der Waals surface area contributed by atoms with E-state index in [1.165, 1.54) is 116 Å². The minimum Gasteiger partial charge on any atom is -0.481 e. The van der Waals surface area contributed by atoms with Crippen LogP contribution in [0.4, 0.5) is 0 Å². The highest BCUT2D eigenvalue weighted by Gasteiger charge is 2.14. The molecule has 0 aliphatic carbocycles. The average Bonchev–Trinajstić information content (AvgIpc) is 2.93. The summed E-state index contributed by atoms with van der Waals surface area (Å²) in [7, 11) is 0. The fourth-order valence-corrected chi connectivity index (χ4v) is 5.35. The number of carboxylic acids is 1. The summed E-state index contributed by atoms with van der Waals surface area (Å²) in [6.45, 7) is 4.51. The molecule has 1 atom stereocenters. The third kappa shape index (κ3) is 31.2. The van der Waals surface area contributed by atoms with Gasteiger partial charge in [-0.2, -0.15) is 0 Å². The second-order valence-electron chi connectivity index (χ2n) is 12.1. The number of allylic oxidation sites excluding steroid dienone is 2. The molecule has 4 heteroatoms. The molecule has 0 saturated carbocycles. The van der Waals surface area contributed by atoms with Gasteiger partial charge in [0.25, 0.3) is 0 Å². The van der Waals surface area contributed by atoms with E-state index in [0.717, 1.165) is 57.8 Å². The lowest BCUT2D eigenvalue weighted by Gasteiger charge is -2.18. The van der Waals surface area contributed by atoms with E-state index < -0.39 is 5.97 Å². The maximum atomic E-state index is 12.5. The van der Waals surface area contributed by atoms with Gasteiger partial charge in [0.05, 0.1) is 0 Å². The second kappa shape index (κ2) is 32.2. The summed E-state index contributed by atoms with van der Waals surface area (Å²) in [6.07, 6.45) is 38.1. The van der Waals surface area contributed by atoms with Crippen molar-refractivity contribution < 1.29 is 19.4 Å². The number of aliphatic carboxylic acids is 1. The van der Waals surface area contributed by atoms with Crippen molar-refractivity contribution >= 4 is 11.9 Å². The number of carbonyl (C=O) groups is 2. The zero-order valence-electron chi connectivity index (χ0n) is 26.9. The van der Waals surface area contributed by atoms with Crippen molar-refractivity contribution in [3.8, 4) is 0 Å². The molecule has 0 aromatic heterocycles. The summed E-state index contributed by atoms with van der Waals surface area (Å²) in [5.41, 5.74) is 0. The van der Waals surface area contributed by atoms with Crippen LogP contribution >= 0.6 is 0 Å². The molecule has 0 aromatic carbocycles. The van der Waals surface area contributed by atoms with Crippen molar-refractivity contribution in [3.63, 3.8) is 0 Å². The van der Waals surface area contributed by atoms with Crippen LogP contribution in [0, 0.1) is 0 Å². The van der Waals surface area contributed by atoms with Gasteiger partial charge in [-0.05, 0) is 64.2 Å². The van der Waals surface area contributed by atoms with Crippen LogP contribution in [-0.4, -0.2) is 23.1 Å². The summed E-state index contributed by atoms with van der Waals surface area (Å²) >= 11 is 0. The largest absolute Gasteiger partial charge is 0.481 e. The van der Waals surface area contributed by atoms with Gasteiger partial charge in [-0.25, -0.2) is 0 Å². The highest BCUT2D eigenvalue weighted by atomic mass is 16.5. The number of esters is 1. The molecule has 1 unspecified atom stereocenters. The van der Waals surface area contributed by atoms with Crippen molar-refractivity contribution in [1.29, 1.82) is 0 Å². The van der Waals surface area contributed by atoms with Crippen molar-refractivity contribution in [2.45, 2.75) is 206 Å². The molecule has 0 heterocycles. The summed E-state index contributed by atoms with van der Waals surface area (Å²) in [6, 6.07) is 0. The number of ether oxygens (including phenoxy) is 1. The Bertz CT molecular complexity index is 571. The number of unbranched alkanes of at least 4 members (excludes halogenated alkanes) is 21. The lowest BCUT2D eigenvalue weighted by Crippen LogP contribution is -2.18. The molecule has 0 spiro atoms. The molecule has 0 aliphatic heterocycles.